The van der Waals surface area contributed by atoms with Gasteiger partial charge in [-0.1, -0.05) is 30.3 Å². The van der Waals surface area contributed by atoms with E-state index in [0.717, 1.165) is 28.3 Å². The van der Waals surface area contributed by atoms with Crippen LogP contribution in [0.2, 0.25) is 0 Å². The average Bonchev–Trinajstić information content (AvgIpc) is 2.88. The van der Waals surface area contributed by atoms with Crippen LogP contribution < -0.4 is 21.1 Å². The van der Waals surface area contributed by atoms with E-state index >= 15 is 0 Å². The zero-order valence-corrected chi connectivity index (χ0v) is 14.3. The number of rotatable bonds is 4. The lowest BCUT2D eigenvalue weighted by atomic mass is 10.2. The van der Waals surface area contributed by atoms with E-state index in [-0.39, 0.29) is 6.17 Å². The van der Waals surface area contributed by atoms with Crippen molar-refractivity contribution in [1.82, 2.24) is 5.43 Å². The van der Waals surface area contributed by atoms with Crippen molar-refractivity contribution in [2.45, 2.75) is 13.1 Å². The summed E-state index contributed by atoms with van der Waals surface area (Å²) in [4.78, 5) is 6.69. The Kier molecular flexibility index (Phi) is 4.53. The van der Waals surface area contributed by atoms with E-state index in [0.29, 0.717) is 0 Å². The van der Waals surface area contributed by atoms with Gasteiger partial charge in [0.1, 0.15) is 6.17 Å². The molecule has 0 aliphatic carbocycles. The lowest BCUT2D eigenvalue weighted by molar-refractivity contribution is 0.678. The Balaban J connectivity index is 1.76. The van der Waals surface area contributed by atoms with Crippen molar-refractivity contribution in [3.63, 3.8) is 0 Å². The molecule has 0 aromatic heterocycles. The van der Waals surface area contributed by atoms with Gasteiger partial charge in [0.2, 0.25) is 0 Å². The van der Waals surface area contributed by atoms with Crippen LogP contribution in [-0.2, 0) is 0 Å². The van der Waals surface area contributed by atoms with Crippen LogP contribution in [0.25, 0.3) is 0 Å². The van der Waals surface area contributed by atoms with Gasteiger partial charge in [0.05, 0.1) is 17.1 Å². The molecule has 5 heteroatoms. The smallest absolute Gasteiger partial charge is 0.142 e. The van der Waals surface area contributed by atoms with Gasteiger partial charge in [0.25, 0.3) is 0 Å². The summed E-state index contributed by atoms with van der Waals surface area (Å²) in [7, 11) is 4.05. The summed E-state index contributed by atoms with van der Waals surface area (Å²) < 4.78 is 0. The normalized spacial score (nSPS) is 17.5. The van der Waals surface area contributed by atoms with Gasteiger partial charge in [-0.25, -0.2) is 0 Å². The summed E-state index contributed by atoms with van der Waals surface area (Å²) in [6, 6.07) is 18.3. The number of hydrazine groups is 1. The van der Waals surface area contributed by atoms with Gasteiger partial charge in [-0.15, -0.1) is 0 Å². The van der Waals surface area contributed by atoms with Crippen LogP contribution in [0.15, 0.2) is 71.0 Å². The largest absolute Gasteiger partial charge is 0.378 e. The second kappa shape index (κ2) is 6.76. The Morgan fingerprint density at radius 2 is 1.75 bits per heavy atom. The average molecular weight is 321 g/mol. The highest BCUT2D eigenvalue weighted by atomic mass is 15.6. The van der Waals surface area contributed by atoms with Crippen LogP contribution >= 0.6 is 0 Å². The lowest BCUT2D eigenvalue weighted by Gasteiger charge is -2.24. The first-order chi connectivity index (χ1) is 11.6. The Hall–Kier alpha value is -2.79. The second-order valence-corrected chi connectivity index (χ2v) is 6.02. The van der Waals surface area contributed by atoms with Crippen molar-refractivity contribution in [2.75, 3.05) is 24.0 Å². The van der Waals surface area contributed by atoms with Crippen LogP contribution in [0.3, 0.4) is 0 Å². The van der Waals surface area contributed by atoms with Gasteiger partial charge in [0, 0.05) is 26.0 Å². The SMILES string of the molecule is CC1=C(N=Cc2ccc(N(C)C)cc2)[C@H](N)N(c2ccccc2)N1. The molecule has 24 heavy (non-hydrogen) atoms. The summed E-state index contributed by atoms with van der Waals surface area (Å²) in [6.45, 7) is 1.99. The number of benzene rings is 2. The van der Waals surface area contributed by atoms with Crippen molar-refractivity contribution in [3.8, 4) is 0 Å². The van der Waals surface area contributed by atoms with Crippen LogP contribution in [0.5, 0.6) is 0 Å². The third kappa shape index (κ3) is 3.26. The Labute approximate surface area is 143 Å². The monoisotopic (exact) mass is 321 g/mol. The predicted octanol–water partition coefficient (Wildman–Crippen LogP) is 2.71. The molecule has 3 N–H and O–H groups in total. The molecule has 1 aliphatic rings. The van der Waals surface area contributed by atoms with Gasteiger partial charge >= 0.3 is 0 Å². The minimum atomic E-state index is -0.315. The third-order valence-corrected chi connectivity index (χ3v) is 4.03. The highest BCUT2D eigenvalue weighted by Gasteiger charge is 2.27. The minimum absolute atomic E-state index is 0.315. The van der Waals surface area contributed by atoms with Gasteiger partial charge < -0.3 is 10.6 Å². The van der Waals surface area contributed by atoms with Crippen molar-refractivity contribution in [2.24, 2.45) is 10.7 Å². The topological polar surface area (TPSA) is 56.9 Å². The molecule has 0 saturated heterocycles. The maximum atomic E-state index is 6.36. The fraction of sp³-hybridized carbons (Fsp3) is 0.211. The van der Waals surface area contributed by atoms with Crippen LogP contribution in [0.4, 0.5) is 11.4 Å². The Morgan fingerprint density at radius 1 is 1.08 bits per heavy atom. The fourth-order valence-electron chi connectivity index (χ4n) is 2.64. The van der Waals surface area contributed by atoms with Crippen molar-refractivity contribution in [3.05, 3.63) is 71.6 Å². The maximum absolute atomic E-state index is 6.36. The molecule has 2 aromatic carbocycles. The fourth-order valence-corrected chi connectivity index (χ4v) is 2.64. The number of nitrogens with zero attached hydrogens (tertiary/aromatic N) is 3. The number of hydrogen-bond donors (Lipinski definition) is 2. The highest BCUT2D eigenvalue weighted by Crippen LogP contribution is 2.24. The molecule has 2 aromatic rings. The first kappa shape index (κ1) is 16.1. The van der Waals surface area contributed by atoms with Gasteiger partial charge in [0.15, 0.2) is 0 Å². The quantitative estimate of drug-likeness (QED) is 0.850. The molecular formula is C19H23N5. The van der Waals surface area contributed by atoms with Gasteiger partial charge in [-0.2, -0.15) is 0 Å². The molecule has 0 bridgehead atoms. The highest BCUT2D eigenvalue weighted by molar-refractivity contribution is 5.81. The maximum Gasteiger partial charge on any atom is 0.142 e. The first-order valence-electron chi connectivity index (χ1n) is 7.95. The Bertz CT molecular complexity index is 747. The first-order valence-corrected chi connectivity index (χ1v) is 7.95. The molecule has 0 saturated carbocycles. The van der Waals surface area contributed by atoms with E-state index in [9.17, 15) is 0 Å². The number of hydrogen-bond acceptors (Lipinski definition) is 5. The summed E-state index contributed by atoms with van der Waals surface area (Å²) >= 11 is 0. The van der Waals surface area contributed by atoms with E-state index < -0.39 is 0 Å². The lowest BCUT2D eigenvalue weighted by Crippen LogP contribution is -2.44. The third-order valence-electron chi connectivity index (χ3n) is 4.03. The number of aliphatic imine (C=N–C) groups is 1. The molecule has 0 radical (unpaired) electrons. The number of allylic oxidation sites excluding steroid dienone is 1. The van der Waals surface area contributed by atoms with E-state index in [1.165, 1.54) is 0 Å². The summed E-state index contributed by atoms with van der Waals surface area (Å²) in [5.74, 6) is 0. The standard InChI is InChI=1S/C19H23N5/c1-14-18(19(20)24(22-14)17-7-5-4-6-8-17)21-13-15-9-11-16(12-10-15)23(2)3/h4-13,19,22H,20H2,1-3H3/t19-/m1/s1. The van der Waals surface area contributed by atoms with Crippen LogP contribution in [-0.4, -0.2) is 26.5 Å². The molecule has 3 rings (SSSR count). The van der Waals surface area contributed by atoms with Crippen molar-refractivity contribution in [1.29, 1.82) is 0 Å². The number of nitrogens with one attached hydrogen (secondary N) is 1. The molecular weight excluding hydrogens is 298 g/mol. The van der Waals surface area contributed by atoms with E-state index in [1.54, 1.807) is 0 Å². The molecule has 1 heterocycles. The molecule has 0 spiro atoms. The zero-order chi connectivity index (χ0) is 17.1. The van der Waals surface area contributed by atoms with Crippen molar-refractivity contribution >= 4 is 17.6 Å². The summed E-state index contributed by atoms with van der Waals surface area (Å²) in [5.41, 5.74) is 14.7. The predicted molar refractivity (Wildman–Crippen MR) is 101 cm³/mol. The number of anilines is 2. The molecule has 0 unspecified atom stereocenters. The molecule has 5 nitrogen and oxygen atoms in total. The number of nitrogens with two attached hydrogens (primary N) is 1. The Morgan fingerprint density at radius 3 is 2.38 bits per heavy atom. The second-order valence-electron chi connectivity index (χ2n) is 6.02. The van der Waals surface area contributed by atoms with E-state index in [2.05, 4.69) is 39.6 Å². The van der Waals surface area contributed by atoms with Crippen LogP contribution in [0.1, 0.15) is 12.5 Å². The molecule has 0 fully saturated rings. The summed E-state index contributed by atoms with van der Waals surface area (Å²) in [6.07, 6.45) is 1.54. The van der Waals surface area contributed by atoms with E-state index in [1.807, 2.05) is 62.6 Å². The summed E-state index contributed by atoms with van der Waals surface area (Å²) in [5, 5.41) is 1.93. The molecule has 124 valence electrons. The van der Waals surface area contributed by atoms with Crippen LogP contribution in [0, 0.1) is 0 Å². The zero-order valence-electron chi connectivity index (χ0n) is 14.3. The minimum Gasteiger partial charge on any atom is -0.378 e. The molecule has 0 amide bonds. The van der Waals surface area contributed by atoms with Crippen molar-refractivity contribution < 1.29 is 0 Å². The van der Waals surface area contributed by atoms with Gasteiger partial charge in [-0.3, -0.25) is 15.4 Å². The molecule has 1 atom stereocenters. The number of para-hydroxylation sites is 1. The van der Waals surface area contributed by atoms with Gasteiger partial charge in [-0.05, 0) is 36.8 Å². The molecule has 1 aliphatic heterocycles. The van der Waals surface area contributed by atoms with E-state index in [4.69, 9.17) is 5.73 Å².